The molecule has 0 saturated heterocycles. The molecule has 1 heteroatoms. The molecular weight excluding hydrogens is 266 g/mol. The van der Waals surface area contributed by atoms with Crippen LogP contribution in [0.5, 0.6) is 0 Å². The summed E-state index contributed by atoms with van der Waals surface area (Å²) in [7, 11) is 0. The molecule has 110 valence electrons. The third-order valence-electron chi connectivity index (χ3n) is 3.77. The van der Waals surface area contributed by atoms with E-state index in [0.717, 1.165) is 17.7 Å². The van der Waals surface area contributed by atoms with Crippen LogP contribution in [0.3, 0.4) is 0 Å². The molecule has 0 N–H and O–H groups in total. The maximum atomic E-state index is 4.69. The van der Waals surface area contributed by atoms with E-state index in [4.69, 9.17) is 0 Å². The van der Waals surface area contributed by atoms with Gasteiger partial charge < -0.3 is 0 Å². The molecule has 0 fully saturated rings. The monoisotopic (exact) mass is 287 g/mol. The molecule has 1 nitrogen and oxygen atoms in total. The van der Waals surface area contributed by atoms with Crippen molar-refractivity contribution in [2.45, 2.75) is 20.3 Å². The van der Waals surface area contributed by atoms with Crippen LogP contribution in [0.25, 0.3) is 22.4 Å². The summed E-state index contributed by atoms with van der Waals surface area (Å²) in [6, 6.07) is 23.2. The average Bonchev–Trinajstić information content (AvgIpc) is 2.56. The van der Waals surface area contributed by atoms with Crippen LogP contribution in [-0.4, -0.2) is 4.98 Å². The third-order valence-corrected chi connectivity index (χ3v) is 3.77. The van der Waals surface area contributed by atoms with E-state index in [0.29, 0.717) is 5.92 Å². The third kappa shape index (κ3) is 3.25. The Balaban J connectivity index is 2.10. The molecule has 0 aliphatic carbocycles. The Morgan fingerprint density at radius 2 is 1.41 bits per heavy atom. The summed E-state index contributed by atoms with van der Waals surface area (Å²) in [4.78, 5) is 4.69. The van der Waals surface area contributed by atoms with Gasteiger partial charge in [0.2, 0.25) is 0 Å². The molecule has 3 aromatic rings. The van der Waals surface area contributed by atoms with Gasteiger partial charge in [-0.05, 0) is 35.1 Å². The summed E-state index contributed by atoms with van der Waals surface area (Å²) in [5, 5.41) is 0. The van der Waals surface area contributed by atoms with Crippen molar-refractivity contribution < 1.29 is 0 Å². The summed E-state index contributed by atoms with van der Waals surface area (Å²) in [6.45, 7) is 4.50. The Kier molecular flexibility index (Phi) is 4.34. The van der Waals surface area contributed by atoms with E-state index in [9.17, 15) is 0 Å². The van der Waals surface area contributed by atoms with E-state index in [1.54, 1.807) is 0 Å². The van der Waals surface area contributed by atoms with E-state index >= 15 is 0 Å². The molecule has 0 spiro atoms. The summed E-state index contributed by atoms with van der Waals surface area (Å²) in [5.41, 5.74) is 6.07. The second-order valence-electron chi connectivity index (χ2n) is 6.06. The zero-order valence-corrected chi connectivity index (χ0v) is 13.2. The molecule has 3 rings (SSSR count). The van der Waals surface area contributed by atoms with Crippen LogP contribution in [0.2, 0.25) is 0 Å². The minimum absolute atomic E-state index is 0.617. The quantitative estimate of drug-likeness (QED) is 0.607. The standard InChI is InChI=1S/C21H21N/c1-16(2)13-19-15-22-21(18-11-7-4-8-12-18)14-20(19)17-9-5-3-6-10-17/h3-12,14-16H,13H2,1-2H3. The van der Waals surface area contributed by atoms with Gasteiger partial charge in [0.15, 0.2) is 0 Å². The van der Waals surface area contributed by atoms with Crippen LogP contribution in [0.4, 0.5) is 0 Å². The Morgan fingerprint density at radius 3 is 2.00 bits per heavy atom. The first-order valence-electron chi connectivity index (χ1n) is 7.84. The number of rotatable bonds is 4. The van der Waals surface area contributed by atoms with Gasteiger partial charge in [-0.25, -0.2) is 0 Å². The molecule has 1 heterocycles. The van der Waals surface area contributed by atoms with Gasteiger partial charge in [0.05, 0.1) is 5.69 Å². The van der Waals surface area contributed by atoms with Gasteiger partial charge in [-0.3, -0.25) is 4.98 Å². The number of hydrogen-bond donors (Lipinski definition) is 0. The van der Waals surface area contributed by atoms with Gasteiger partial charge in [-0.1, -0.05) is 74.5 Å². The van der Waals surface area contributed by atoms with E-state index in [1.807, 2.05) is 12.3 Å². The summed E-state index contributed by atoms with van der Waals surface area (Å²) < 4.78 is 0. The van der Waals surface area contributed by atoms with Crippen LogP contribution in [-0.2, 0) is 6.42 Å². The number of pyridine rings is 1. The normalized spacial score (nSPS) is 10.9. The largest absolute Gasteiger partial charge is 0.256 e. The lowest BCUT2D eigenvalue weighted by Gasteiger charge is -2.13. The highest BCUT2D eigenvalue weighted by Gasteiger charge is 2.10. The second-order valence-corrected chi connectivity index (χ2v) is 6.06. The Hall–Kier alpha value is -2.41. The maximum absolute atomic E-state index is 4.69. The predicted octanol–water partition coefficient (Wildman–Crippen LogP) is 5.61. The Labute approximate surface area is 132 Å². The van der Waals surface area contributed by atoms with Crippen LogP contribution < -0.4 is 0 Å². The minimum atomic E-state index is 0.617. The van der Waals surface area contributed by atoms with Crippen molar-refractivity contribution >= 4 is 0 Å². The zero-order valence-electron chi connectivity index (χ0n) is 13.2. The Morgan fingerprint density at radius 1 is 0.818 bits per heavy atom. The van der Waals surface area contributed by atoms with E-state index in [2.05, 4.69) is 79.5 Å². The number of aromatic nitrogens is 1. The second kappa shape index (κ2) is 6.57. The van der Waals surface area contributed by atoms with Crippen LogP contribution >= 0.6 is 0 Å². The maximum Gasteiger partial charge on any atom is 0.0708 e. The molecular formula is C21H21N. The van der Waals surface area contributed by atoms with Crippen LogP contribution in [0.15, 0.2) is 72.9 Å². The summed E-state index contributed by atoms with van der Waals surface area (Å²) in [5.74, 6) is 0.617. The lowest BCUT2D eigenvalue weighted by Crippen LogP contribution is -1.99. The molecule has 0 aliphatic rings. The van der Waals surface area contributed by atoms with Crippen molar-refractivity contribution in [1.82, 2.24) is 4.98 Å². The summed E-state index contributed by atoms with van der Waals surface area (Å²) in [6.07, 6.45) is 3.09. The van der Waals surface area contributed by atoms with Crippen molar-refractivity contribution in [1.29, 1.82) is 0 Å². The topological polar surface area (TPSA) is 12.9 Å². The molecule has 22 heavy (non-hydrogen) atoms. The molecule has 0 saturated carbocycles. The fraction of sp³-hybridized carbons (Fsp3) is 0.190. The first kappa shape index (κ1) is 14.5. The minimum Gasteiger partial charge on any atom is -0.256 e. The lowest BCUT2D eigenvalue weighted by molar-refractivity contribution is 0.646. The van der Waals surface area contributed by atoms with Gasteiger partial charge in [0.1, 0.15) is 0 Å². The smallest absolute Gasteiger partial charge is 0.0708 e. The predicted molar refractivity (Wildman–Crippen MR) is 93.7 cm³/mol. The molecule has 0 bridgehead atoms. The van der Waals surface area contributed by atoms with Crippen molar-refractivity contribution in [3.8, 4) is 22.4 Å². The SMILES string of the molecule is CC(C)Cc1cnc(-c2ccccc2)cc1-c1ccccc1. The van der Waals surface area contributed by atoms with E-state index < -0.39 is 0 Å². The fourth-order valence-electron chi connectivity index (χ4n) is 2.74. The highest BCUT2D eigenvalue weighted by atomic mass is 14.7. The van der Waals surface area contributed by atoms with Gasteiger partial charge in [-0.2, -0.15) is 0 Å². The molecule has 2 aromatic carbocycles. The van der Waals surface area contributed by atoms with Gasteiger partial charge >= 0.3 is 0 Å². The fourth-order valence-corrected chi connectivity index (χ4v) is 2.74. The van der Waals surface area contributed by atoms with Crippen LogP contribution in [0.1, 0.15) is 19.4 Å². The summed E-state index contributed by atoms with van der Waals surface area (Å²) >= 11 is 0. The van der Waals surface area contributed by atoms with Crippen molar-refractivity contribution in [2.75, 3.05) is 0 Å². The van der Waals surface area contributed by atoms with Gasteiger partial charge in [0.25, 0.3) is 0 Å². The molecule has 0 amide bonds. The van der Waals surface area contributed by atoms with Crippen molar-refractivity contribution in [2.24, 2.45) is 5.92 Å². The Bertz CT molecular complexity index is 730. The molecule has 0 aliphatic heterocycles. The van der Waals surface area contributed by atoms with Crippen molar-refractivity contribution in [3.63, 3.8) is 0 Å². The average molecular weight is 287 g/mol. The molecule has 1 aromatic heterocycles. The molecule has 0 unspecified atom stereocenters. The van der Waals surface area contributed by atoms with Gasteiger partial charge in [-0.15, -0.1) is 0 Å². The first-order chi connectivity index (χ1) is 10.7. The number of nitrogens with zero attached hydrogens (tertiary/aromatic N) is 1. The highest BCUT2D eigenvalue weighted by Crippen LogP contribution is 2.29. The number of benzene rings is 2. The first-order valence-corrected chi connectivity index (χ1v) is 7.84. The molecule has 0 radical (unpaired) electrons. The zero-order chi connectivity index (χ0) is 15.4. The van der Waals surface area contributed by atoms with Crippen LogP contribution in [0, 0.1) is 5.92 Å². The highest BCUT2D eigenvalue weighted by molar-refractivity contribution is 5.73. The van der Waals surface area contributed by atoms with E-state index in [-0.39, 0.29) is 0 Å². The van der Waals surface area contributed by atoms with Gasteiger partial charge in [0, 0.05) is 11.8 Å². The number of hydrogen-bond acceptors (Lipinski definition) is 1. The van der Waals surface area contributed by atoms with E-state index in [1.165, 1.54) is 16.7 Å². The van der Waals surface area contributed by atoms with Crippen molar-refractivity contribution in [3.05, 3.63) is 78.5 Å². The lowest BCUT2D eigenvalue weighted by atomic mass is 9.94. The molecule has 0 atom stereocenters.